The molecule has 0 aliphatic carbocycles. The Balaban J connectivity index is 1.45. The van der Waals surface area contributed by atoms with Gasteiger partial charge in [-0.3, -0.25) is 4.79 Å². The number of nitrogen functional groups attached to an aromatic ring is 1. The number of benzene rings is 1. The molecule has 4 rings (SSSR count). The normalized spacial score (nSPS) is 18.3. The van der Waals surface area contributed by atoms with Gasteiger partial charge in [-0.05, 0) is 30.8 Å². The second-order valence-corrected chi connectivity index (χ2v) is 8.30. The lowest BCUT2D eigenvalue weighted by Gasteiger charge is -2.33. The third-order valence-electron chi connectivity index (χ3n) is 5.94. The number of rotatable bonds is 7. The van der Waals surface area contributed by atoms with E-state index in [9.17, 15) is 9.90 Å². The quantitative estimate of drug-likeness (QED) is 0.527. The SMILES string of the molecule is COCCNc1nc(N)nc2c1C(O)N(Cc1ccc(C(=O)N3CCN(C)CC3)cc1)C=C2. The Bertz CT molecular complexity index is 1000. The van der Waals surface area contributed by atoms with Crippen LogP contribution in [0.1, 0.15) is 33.4 Å². The lowest BCUT2D eigenvalue weighted by atomic mass is 10.1. The van der Waals surface area contributed by atoms with Crippen molar-refractivity contribution in [3.05, 3.63) is 52.8 Å². The Morgan fingerprint density at radius 1 is 1.21 bits per heavy atom. The minimum atomic E-state index is -0.942. The highest BCUT2D eigenvalue weighted by atomic mass is 16.5. The number of hydrogen-bond acceptors (Lipinski definition) is 9. The second kappa shape index (κ2) is 10.2. The Morgan fingerprint density at radius 2 is 1.94 bits per heavy atom. The van der Waals surface area contributed by atoms with Crippen LogP contribution in [0.15, 0.2) is 30.5 Å². The molecule has 4 N–H and O–H groups in total. The average molecular weight is 454 g/mol. The van der Waals surface area contributed by atoms with E-state index in [2.05, 4.69) is 27.2 Å². The maximum absolute atomic E-state index is 12.8. The molecule has 1 aromatic heterocycles. The summed E-state index contributed by atoms with van der Waals surface area (Å²) in [7, 11) is 3.69. The lowest BCUT2D eigenvalue weighted by Crippen LogP contribution is -2.47. The number of methoxy groups -OCH3 is 1. The van der Waals surface area contributed by atoms with Crippen LogP contribution in [0.5, 0.6) is 0 Å². The number of aliphatic hydroxyl groups is 1. The molecule has 3 heterocycles. The molecule has 1 amide bonds. The molecule has 10 heteroatoms. The predicted octanol–water partition coefficient (Wildman–Crippen LogP) is 0.982. The molecule has 1 unspecified atom stereocenters. The van der Waals surface area contributed by atoms with Crippen molar-refractivity contribution in [2.24, 2.45) is 0 Å². The highest BCUT2D eigenvalue weighted by Crippen LogP contribution is 2.33. The molecule has 0 radical (unpaired) electrons. The molecule has 33 heavy (non-hydrogen) atoms. The Morgan fingerprint density at radius 3 is 2.64 bits per heavy atom. The number of nitrogens with one attached hydrogen (secondary N) is 1. The van der Waals surface area contributed by atoms with E-state index in [4.69, 9.17) is 10.5 Å². The summed E-state index contributed by atoms with van der Waals surface area (Å²) in [6, 6.07) is 7.56. The van der Waals surface area contributed by atoms with Gasteiger partial charge in [0.25, 0.3) is 5.91 Å². The number of aromatic nitrogens is 2. The van der Waals surface area contributed by atoms with E-state index in [-0.39, 0.29) is 11.9 Å². The van der Waals surface area contributed by atoms with E-state index in [0.29, 0.717) is 42.3 Å². The summed E-state index contributed by atoms with van der Waals surface area (Å²) in [5.41, 5.74) is 8.64. The lowest BCUT2D eigenvalue weighted by molar-refractivity contribution is 0.0295. The van der Waals surface area contributed by atoms with Crippen LogP contribution in [0.25, 0.3) is 6.08 Å². The van der Waals surface area contributed by atoms with Gasteiger partial charge in [0.15, 0.2) is 6.23 Å². The van der Waals surface area contributed by atoms with Gasteiger partial charge in [-0.2, -0.15) is 4.98 Å². The van der Waals surface area contributed by atoms with Crippen molar-refractivity contribution in [3.8, 4) is 0 Å². The molecular formula is C23H31N7O3. The van der Waals surface area contributed by atoms with Crippen molar-refractivity contribution < 1.29 is 14.6 Å². The zero-order valence-corrected chi connectivity index (χ0v) is 19.1. The summed E-state index contributed by atoms with van der Waals surface area (Å²) in [5, 5.41) is 14.2. The van der Waals surface area contributed by atoms with Gasteiger partial charge in [0.05, 0.1) is 17.9 Å². The number of likely N-dealkylation sites (N-methyl/N-ethyl adjacent to an activating group) is 1. The van der Waals surface area contributed by atoms with Gasteiger partial charge in [-0.25, -0.2) is 4.98 Å². The monoisotopic (exact) mass is 453 g/mol. The predicted molar refractivity (Wildman–Crippen MR) is 126 cm³/mol. The van der Waals surface area contributed by atoms with Crippen LogP contribution in [0.2, 0.25) is 0 Å². The number of carbonyl (C=O) groups is 1. The van der Waals surface area contributed by atoms with Crippen LogP contribution >= 0.6 is 0 Å². The van der Waals surface area contributed by atoms with E-state index in [1.165, 1.54) is 0 Å². The van der Waals surface area contributed by atoms with Gasteiger partial charge < -0.3 is 35.6 Å². The molecule has 10 nitrogen and oxygen atoms in total. The van der Waals surface area contributed by atoms with Crippen LogP contribution in [-0.2, 0) is 11.3 Å². The maximum Gasteiger partial charge on any atom is 0.253 e. The summed E-state index contributed by atoms with van der Waals surface area (Å²) in [6.45, 7) is 4.75. The van der Waals surface area contributed by atoms with Crippen molar-refractivity contribution in [2.45, 2.75) is 12.8 Å². The number of piperazine rings is 1. The van der Waals surface area contributed by atoms with Crippen LogP contribution in [0, 0.1) is 0 Å². The molecule has 2 aromatic rings. The fourth-order valence-electron chi connectivity index (χ4n) is 4.00. The fraction of sp³-hybridized carbons (Fsp3) is 0.435. The first-order valence-electron chi connectivity index (χ1n) is 11.0. The molecule has 1 aromatic carbocycles. The van der Waals surface area contributed by atoms with Crippen molar-refractivity contribution in [3.63, 3.8) is 0 Å². The first kappa shape index (κ1) is 23.0. The van der Waals surface area contributed by atoms with Crippen LogP contribution < -0.4 is 11.1 Å². The molecule has 0 saturated carbocycles. The van der Waals surface area contributed by atoms with Gasteiger partial charge in [0.2, 0.25) is 5.95 Å². The zero-order valence-electron chi connectivity index (χ0n) is 19.1. The number of nitrogens with two attached hydrogens (primary N) is 1. The minimum absolute atomic E-state index is 0.0583. The summed E-state index contributed by atoms with van der Waals surface area (Å²) >= 11 is 0. The molecule has 0 spiro atoms. The molecule has 0 bridgehead atoms. The first-order chi connectivity index (χ1) is 16.0. The number of hydrogen-bond donors (Lipinski definition) is 3. The van der Waals surface area contributed by atoms with E-state index in [0.717, 1.165) is 31.7 Å². The number of aliphatic hydroxyl groups excluding tert-OH is 1. The average Bonchev–Trinajstić information content (AvgIpc) is 2.81. The summed E-state index contributed by atoms with van der Waals surface area (Å²) < 4.78 is 5.08. The first-order valence-corrected chi connectivity index (χ1v) is 11.0. The molecule has 1 saturated heterocycles. The van der Waals surface area contributed by atoms with Crippen molar-refractivity contribution in [1.29, 1.82) is 0 Å². The van der Waals surface area contributed by atoms with Crippen molar-refractivity contribution >= 4 is 23.7 Å². The van der Waals surface area contributed by atoms with E-state index in [1.54, 1.807) is 18.2 Å². The number of carbonyl (C=O) groups excluding carboxylic acids is 1. The van der Waals surface area contributed by atoms with E-state index in [1.807, 2.05) is 35.2 Å². The molecule has 1 atom stereocenters. The molecule has 176 valence electrons. The highest BCUT2D eigenvalue weighted by Gasteiger charge is 2.27. The smallest absolute Gasteiger partial charge is 0.253 e. The van der Waals surface area contributed by atoms with Gasteiger partial charge in [0, 0.05) is 58.1 Å². The van der Waals surface area contributed by atoms with Gasteiger partial charge in [-0.1, -0.05) is 12.1 Å². The van der Waals surface area contributed by atoms with Crippen LogP contribution in [0.3, 0.4) is 0 Å². The highest BCUT2D eigenvalue weighted by molar-refractivity contribution is 5.94. The van der Waals surface area contributed by atoms with Crippen molar-refractivity contribution in [2.75, 3.05) is 64.5 Å². The van der Waals surface area contributed by atoms with Gasteiger partial charge in [0.1, 0.15) is 5.82 Å². The van der Waals surface area contributed by atoms with Gasteiger partial charge >= 0.3 is 0 Å². The Labute approximate surface area is 193 Å². The summed E-state index contributed by atoms with van der Waals surface area (Å²) in [4.78, 5) is 27.2. The molecule has 2 aliphatic heterocycles. The van der Waals surface area contributed by atoms with Crippen LogP contribution in [0.4, 0.5) is 11.8 Å². The largest absolute Gasteiger partial charge is 0.383 e. The zero-order chi connectivity index (χ0) is 23.4. The Hall–Kier alpha value is -3.21. The van der Waals surface area contributed by atoms with E-state index >= 15 is 0 Å². The summed E-state index contributed by atoms with van der Waals surface area (Å²) in [5.74, 6) is 0.687. The molecular weight excluding hydrogens is 422 g/mol. The standard InChI is InChI=1S/C23H31N7O3/c1-28-10-12-29(13-11-28)21(31)17-5-3-16(4-6-17)15-30-9-7-18-19(22(30)32)20(25-8-14-33-2)27-23(24)26-18/h3-7,9,22,32H,8,10-15H2,1-2H3,(H3,24,25,26,27). The third-order valence-corrected chi connectivity index (χ3v) is 5.94. The summed E-state index contributed by atoms with van der Waals surface area (Å²) in [6.07, 6.45) is 2.66. The number of anilines is 2. The fourth-order valence-corrected chi connectivity index (χ4v) is 4.00. The maximum atomic E-state index is 12.8. The van der Waals surface area contributed by atoms with Gasteiger partial charge in [-0.15, -0.1) is 0 Å². The van der Waals surface area contributed by atoms with Crippen molar-refractivity contribution in [1.82, 2.24) is 24.7 Å². The number of amides is 1. The minimum Gasteiger partial charge on any atom is -0.383 e. The van der Waals surface area contributed by atoms with Crippen LogP contribution in [-0.4, -0.2) is 89.2 Å². The number of ether oxygens (including phenoxy) is 1. The molecule has 2 aliphatic rings. The Kier molecular flexibility index (Phi) is 7.07. The topological polar surface area (TPSA) is 120 Å². The number of nitrogens with zero attached hydrogens (tertiary/aromatic N) is 5. The third kappa shape index (κ3) is 5.24. The second-order valence-electron chi connectivity index (χ2n) is 8.30. The van der Waals surface area contributed by atoms with E-state index < -0.39 is 6.23 Å². The molecule has 1 fully saturated rings. The number of fused-ring (bicyclic) bond motifs is 1.